The van der Waals surface area contributed by atoms with Gasteiger partial charge in [-0.05, 0) is 49.2 Å². The molecule has 0 N–H and O–H groups in total. The van der Waals surface area contributed by atoms with Gasteiger partial charge in [0.1, 0.15) is 23.4 Å². The quantitative estimate of drug-likeness (QED) is 0.563. The zero-order valence-corrected chi connectivity index (χ0v) is 16.5. The first-order valence-electron chi connectivity index (χ1n) is 9.86. The molecule has 3 aromatic rings. The molecule has 4 rings (SSSR count). The van der Waals surface area contributed by atoms with Gasteiger partial charge in [0, 0.05) is 17.5 Å². The molecule has 0 spiro atoms. The van der Waals surface area contributed by atoms with Gasteiger partial charge in [0.25, 0.3) is 0 Å². The Bertz CT molecular complexity index is 1020. The number of rotatable bonds is 7. The van der Waals surface area contributed by atoms with Crippen LogP contribution in [0.25, 0.3) is 11.4 Å². The summed E-state index contributed by atoms with van der Waals surface area (Å²) in [5.41, 5.74) is 0.588. The molecule has 0 saturated carbocycles. The van der Waals surface area contributed by atoms with E-state index >= 15 is 0 Å². The van der Waals surface area contributed by atoms with Gasteiger partial charge >= 0.3 is 0 Å². The third-order valence-electron chi connectivity index (χ3n) is 5.03. The number of amides is 1. The molecule has 1 atom stereocenters. The molecule has 8 heteroatoms. The van der Waals surface area contributed by atoms with E-state index in [9.17, 15) is 13.6 Å². The van der Waals surface area contributed by atoms with Gasteiger partial charge in [0.2, 0.25) is 17.6 Å². The van der Waals surface area contributed by atoms with Crippen LogP contribution < -0.4 is 4.74 Å². The fourth-order valence-electron chi connectivity index (χ4n) is 3.45. The molecule has 1 unspecified atom stereocenters. The lowest BCUT2D eigenvalue weighted by atomic mass is 10.1. The van der Waals surface area contributed by atoms with Gasteiger partial charge in [0.15, 0.2) is 0 Å². The van der Waals surface area contributed by atoms with E-state index in [1.54, 1.807) is 0 Å². The molecule has 1 aliphatic heterocycles. The van der Waals surface area contributed by atoms with E-state index in [4.69, 9.17) is 9.26 Å². The Morgan fingerprint density at radius 2 is 1.90 bits per heavy atom. The van der Waals surface area contributed by atoms with Crippen molar-refractivity contribution in [2.45, 2.75) is 38.8 Å². The third-order valence-corrected chi connectivity index (χ3v) is 5.03. The molecule has 0 bridgehead atoms. The number of hydrogen-bond donors (Lipinski definition) is 0. The van der Waals surface area contributed by atoms with E-state index in [2.05, 4.69) is 10.1 Å². The zero-order valence-electron chi connectivity index (χ0n) is 16.5. The summed E-state index contributed by atoms with van der Waals surface area (Å²) in [6, 6.07) is 10.4. The van der Waals surface area contributed by atoms with E-state index in [0.717, 1.165) is 17.7 Å². The topological polar surface area (TPSA) is 68.5 Å². The van der Waals surface area contributed by atoms with Gasteiger partial charge in [-0.25, -0.2) is 8.78 Å². The molecular formula is C22H21F2N3O3. The van der Waals surface area contributed by atoms with Crippen LogP contribution in [0.5, 0.6) is 5.75 Å². The maximum atomic E-state index is 14.1. The fraction of sp³-hybridized carbons (Fsp3) is 0.318. The van der Waals surface area contributed by atoms with Gasteiger partial charge < -0.3 is 14.2 Å². The molecular weight excluding hydrogens is 392 g/mol. The van der Waals surface area contributed by atoms with Crippen molar-refractivity contribution in [3.63, 3.8) is 0 Å². The van der Waals surface area contributed by atoms with Crippen LogP contribution in [0.2, 0.25) is 0 Å². The van der Waals surface area contributed by atoms with Crippen LogP contribution in [0.1, 0.15) is 43.7 Å². The second kappa shape index (κ2) is 8.61. The van der Waals surface area contributed by atoms with Gasteiger partial charge in [-0.1, -0.05) is 18.1 Å². The number of nitrogens with zero attached hydrogens (tertiary/aromatic N) is 3. The first-order valence-corrected chi connectivity index (χ1v) is 9.86. The number of likely N-dealkylation sites (tertiary alicyclic amines) is 1. The predicted molar refractivity (Wildman–Crippen MR) is 104 cm³/mol. The SMILES string of the molecule is CCCOc1ccc(-c2noc(C3CCC(=O)N3Cc3c(F)cccc3F)n2)cc1. The minimum atomic E-state index is -0.690. The van der Waals surface area contributed by atoms with E-state index in [1.165, 1.54) is 23.1 Å². The summed E-state index contributed by atoms with van der Waals surface area (Å²) in [4.78, 5) is 18.2. The summed E-state index contributed by atoms with van der Waals surface area (Å²) in [5.74, 6) is -0.207. The third kappa shape index (κ3) is 4.03. The Morgan fingerprint density at radius 3 is 2.60 bits per heavy atom. The molecule has 156 valence electrons. The van der Waals surface area contributed by atoms with Crippen molar-refractivity contribution in [1.82, 2.24) is 15.0 Å². The van der Waals surface area contributed by atoms with Crippen molar-refractivity contribution in [2.75, 3.05) is 6.61 Å². The van der Waals surface area contributed by atoms with Crippen LogP contribution in [0.3, 0.4) is 0 Å². The molecule has 1 aliphatic rings. The van der Waals surface area contributed by atoms with E-state index in [0.29, 0.717) is 18.9 Å². The maximum Gasteiger partial charge on any atom is 0.249 e. The summed E-state index contributed by atoms with van der Waals surface area (Å²) in [5, 5.41) is 4.01. The first kappa shape index (κ1) is 20.0. The lowest BCUT2D eigenvalue weighted by Gasteiger charge is -2.22. The number of carbonyl (C=O) groups is 1. The average molecular weight is 413 g/mol. The summed E-state index contributed by atoms with van der Waals surface area (Å²) < 4.78 is 39.1. The maximum absolute atomic E-state index is 14.1. The lowest BCUT2D eigenvalue weighted by Crippen LogP contribution is -2.28. The molecule has 0 aliphatic carbocycles. The summed E-state index contributed by atoms with van der Waals surface area (Å²) >= 11 is 0. The average Bonchev–Trinajstić information content (AvgIpc) is 3.37. The van der Waals surface area contributed by atoms with E-state index < -0.39 is 17.7 Å². The number of hydrogen-bond acceptors (Lipinski definition) is 5. The van der Waals surface area contributed by atoms with E-state index in [1.807, 2.05) is 31.2 Å². The predicted octanol–water partition coefficient (Wildman–Crippen LogP) is 4.67. The van der Waals surface area contributed by atoms with Crippen LogP contribution >= 0.6 is 0 Å². The van der Waals surface area contributed by atoms with Crippen LogP contribution in [0, 0.1) is 11.6 Å². The highest BCUT2D eigenvalue weighted by Gasteiger charge is 2.37. The molecule has 1 aromatic heterocycles. The Hall–Kier alpha value is -3.29. The fourth-order valence-corrected chi connectivity index (χ4v) is 3.45. The van der Waals surface area contributed by atoms with Crippen LogP contribution in [-0.4, -0.2) is 27.6 Å². The molecule has 30 heavy (non-hydrogen) atoms. The van der Waals surface area contributed by atoms with Crippen molar-refractivity contribution in [1.29, 1.82) is 0 Å². The lowest BCUT2D eigenvalue weighted by molar-refractivity contribution is -0.130. The molecule has 2 aromatic carbocycles. The zero-order chi connectivity index (χ0) is 21.1. The Kier molecular flexibility index (Phi) is 5.74. The van der Waals surface area contributed by atoms with E-state index in [-0.39, 0.29) is 30.3 Å². The summed E-state index contributed by atoms with van der Waals surface area (Å²) in [6.07, 6.45) is 1.62. The summed E-state index contributed by atoms with van der Waals surface area (Å²) in [7, 11) is 0. The van der Waals surface area contributed by atoms with Crippen molar-refractivity contribution in [3.05, 3.63) is 65.6 Å². The van der Waals surface area contributed by atoms with Gasteiger partial charge in [-0.2, -0.15) is 4.98 Å². The highest BCUT2D eigenvalue weighted by atomic mass is 19.1. The normalized spacial score (nSPS) is 16.3. The molecule has 6 nitrogen and oxygen atoms in total. The highest BCUT2D eigenvalue weighted by molar-refractivity contribution is 5.78. The number of ether oxygens (including phenoxy) is 1. The molecule has 1 saturated heterocycles. The second-order valence-corrected chi connectivity index (χ2v) is 7.11. The van der Waals surface area contributed by atoms with Gasteiger partial charge in [-0.15, -0.1) is 0 Å². The minimum Gasteiger partial charge on any atom is -0.494 e. The van der Waals surface area contributed by atoms with Crippen molar-refractivity contribution < 1.29 is 22.8 Å². The molecule has 2 heterocycles. The Balaban J connectivity index is 1.53. The largest absolute Gasteiger partial charge is 0.494 e. The molecule has 0 radical (unpaired) electrons. The van der Waals surface area contributed by atoms with Crippen LogP contribution in [-0.2, 0) is 11.3 Å². The van der Waals surface area contributed by atoms with Gasteiger partial charge in [0.05, 0.1) is 13.2 Å². The Morgan fingerprint density at radius 1 is 1.17 bits per heavy atom. The first-order chi connectivity index (χ1) is 14.6. The molecule has 1 amide bonds. The highest BCUT2D eigenvalue weighted by Crippen LogP contribution is 2.35. The second-order valence-electron chi connectivity index (χ2n) is 7.11. The Labute approximate surface area is 172 Å². The smallest absolute Gasteiger partial charge is 0.249 e. The number of aromatic nitrogens is 2. The minimum absolute atomic E-state index is 0.153. The number of halogens is 2. The van der Waals surface area contributed by atoms with Gasteiger partial charge in [-0.3, -0.25) is 4.79 Å². The number of benzene rings is 2. The van der Waals surface area contributed by atoms with Crippen molar-refractivity contribution >= 4 is 5.91 Å². The van der Waals surface area contributed by atoms with Crippen molar-refractivity contribution in [2.24, 2.45) is 0 Å². The monoisotopic (exact) mass is 413 g/mol. The summed E-state index contributed by atoms with van der Waals surface area (Å²) in [6.45, 7) is 2.48. The van der Waals surface area contributed by atoms with Crippen LogP contribution in [0.4, 0.5) is 8.78 Å². The standard InChI is InChI=1S/C22H21F2N3O3/c1-2-12-29-15-8-6-14(7-9-15)21-25-22(30-26-21)19-10-11-20(28)27(19)13-16-17(23)4-3-5-18(16)24/h3-9,19H,2,10-13H2,1H3. The van der Waals surface area contributed by atoms with Crippen molar-refractivity contribution in [3.8, 4) is 17.1 Å². The van der Waals surface area contributed by atoms with Crippen LogP contribution in [0.15, 0.2) is 47.0 Å². The molecule has 1 fully saturated rings. The number of carbonyl (C=O) groups excluding carboxylic acids is 1.